The van der Waals surface area contributed by atoms with Crippen LogP contribution in [-0.4, -0.2) is 24.5 Å². The summed E-state index contributed by atoms with van der Waals surface area (Å²) in [6.07, 6.45) is -0.0665. The number of amides is 2. The predicted molar refractivity (Wildman–Crippen MR) is 119 cm³/mol. The molecule has 3 rings (SSSR count). The van der Waals surface area contributed by atoms with Crippen LogP contribution in [0.15, 0.2) is 78.9 Å². The minimum Gasteiger partial charge on any atom is -0.479 e. The third-order valence-electron chi connectivity index (χ3n) is 4.48. The van der Waals surface area contributed by atoms with Gasteiger partial charge in [-0.25, -0.2) is 0 Å². The Balaban J connectivity index is 1.60. The third kappa shape index (κ3) is 5.84. The summed E-state index contributed by atoms with van der Waals surface area (Å²) in [5.74, 6) is -0.199. The minimum absolute atomic E-state index is 0.249. The van der Waals surface area contributed by atoms with Crippen LogP contribution in [0.3, 0.4) is 0 Å². The normalized spacial score (nSPS) is 11.4. The van der Waals surface area contributed by atoms with Crippen molar-refractivity contribution in [1.29, 1.82) is 0 Å². The van der Waals surface area contributed by atoms with Gasteiger partial charge in [0.25, 0.3) is 11.8 Å². The molecule has 0 aliphatic heterocycles. The molecule has 0 bridgehead atoms. The van der Waals surface area contributed by atoms with E-state index in [-0.39, 0.29) is 11.8 Å². The molecule has 0 aliphatic carbocycles. The van der Waals surface area contributed by atoms with Crippen LogP contribution >= 0.6 is 11.6 Å². The standard InChI is InChI=1S/C24H23ClN2O3/c1-17(30-22-14-8-6-12-20(22)25)23(28)27-21-13-7-5-11-19(21)24(29)26-16-15-18-9-3-2-4-10-18/h2-14,17H,15-16H2,1H3,(H,26,29)(H,27,28)/t17-/m1/s1. The number of carbonyl (C=O) groups excluding carboxylic acids is 2. The molecular formula is C24H23ClN2O3. The van der Waals surface area contributed by atoms with E-state index in [2.05, 4.69) is 10.6 Å². The smallest absolute Gasteiger partial charge is 0.265 e. The van der Waals surface area contributed by atoms with Gasteiger partial charge in [0.15, 0.2) is 6.10 Å². The zero-order chi connectivity index (χ0) is 21.3. The third-order valence-corrected chi connectivity index (χ3v) is 4.79. The number of rotatable bonds is 8. The highest BCUT2D eigenvalue weighted by atomic mass is 35.5. The van der Waals surface area contributed by atoms with Gasteiger partial charge in [-0.05, 0) is 43.2 Å². The van der Waals surface area contributed by atoms with Gasteiger partial charge in [-0.1, -0.05) is 66.2 Å². The van der Waals surface area contributed by atoms with Crippen LogP contribution in [0.1, 0.15) is 22.8 Å². The summed E-state index contributed by atoms with van der Waals surface area (Å²) in [6.45, 7) is 2.12. The molecule has 0 radical (unpaired) electrons. The first-order valence-corrected chi connectivity index (χ1v) is 10.1. The second-order valence-electron chi connectivity index (χ2n) is 6.72. The molecule has 0 aromatic heterocycles. The van der Waals surface area contributed by atoms with Gasteiger partial charge >= 0.3 is 0 Å². The highest BCUT2D eigenvalue weighted by Crippen LogP contribution is 2.24. The molecule has 0 aliphatic rings. The molecule has 0 spiro atoms. The maximum absolute atomic E-state index is 12.6. The van der Waals surface area contributed by atoms with E-state index in [9.17, 15) is 9.59 Å². The van der Waals surface area contributed by atoms with Crippen molar-refractivity contribution < 1.29 is 14.3 Å². The molecule has 154 valence electrons. The Bertz CT molecular complexity index is 1010. The van der Waals surface area contributed by atoms with Crippen molar-refractivity contribution >= 4 is 29.1 Å². The Morgan fingerprint density at radius 2 is 1.60 bits per heavy atom. The molecule has 0 unspecified atom stereocenters. The molecule has 2 amide bonds. The first kappa shape index (κ1) is 21.4. The molecule has 30 heavy (non-hydrogen) atoms. The van der Waals surface area contributed by atoms with Crippen LogP contribution in [0.25, 0.3) is 0 Å². The van der Waals surface area contributed by atoms with Gasteiger partial charge < -0.3 is 15.4 Å². The molecule has 6 heteroatoms. The lowest BCUT2D eigenvalue weighted by Gasteiger charge is -2.17. The average molecular weight is 423 g/mol. The van der Waals surface area contributed by atoms with E-state index in [0.29, 0.717) is 28.6 Å². The highest BCUT2D eigenvalue weighted by Gasteiger charge is 2.19. The topological polar surface area (TPSA) is 67.4 Å². The van der Waals surface area contributed by atoms with Crippen LogP contribution in [0.5, 0.6) is 5.75 Å². The Hall–Kier alpha value is -3.31. The van der Waals surface area contributed by atoms with Crippen LogP contribution in [0.4, 0.5) is 5.69 Å². The molecule has 0 fully saturated rings. The fourth-order valence-electron chi connectivity index (χ4n) is 2.87. The lowest BCUT2D eigenvalue weighted by atomic mass is 10.1. The van der Waals surface area contributed by atoms with Gasteiger partial charge in [-0.3, -0.25) is 9.59 Å². The summed E-state index contributed by atoms with van der Waals surface area (Å²) >= 11 is 6.08. The predicted octanol–water partition coefficient (Wildman–Crippen LogP) is 4.72. The zero-order valence-electron chi connectivity index (χ0n) is 16.6. The average Bonchev–Trinajstić information content (AvgIpc) is 2.76. The van der Waals surface area contributed by atoms with Crippen molar-refractivity contribution in [3.8, 4) is 5.75 Å². The van der Waals surface area contributed by atoms with Gasteiger partial charge in [-0.15, -0.1) is 0 Å². The summed E-state index contributed by atoms with van der Waals surface area (Å²) < 4.78 is 5.65. The number of para-hydroxylation sites is 2. The molecular weight excluding hydrogens is 400 g/mol. The number of hydrogen-bond acceptors (Lipinski definition) is 3. The highest BCUT2D eigenvalue weighted by molar-refractivity contribution is 6.32. The molecule has 2 N–H and O–H groups in total. The van der Waals surface area contributed by atoms with E-state index in [1.807, 2.05) is 30.3 Å². The summed E-state index contributed by atoms with van der Waals surface area (Å²) in [7, 11) is 0. The fourth-order valence-corrected chi connectivity index (χ4v) is 3.05. The second-order valence-corrected chi connectivity index (χ2v) is 7.12. The zero-order valence-corrected chi connectivity index (χ0v) is 17.4. The van der Waals surface area contributed by atoms with E-state index in [0.717, 1.165) is 12.0 Å². The monoisotopic (exact) mass is 422 g/mol. The largest absolute Gasteiger partial charge is 0.479 e. The Morgan fingerprint density at radius 1 is 0.933 bits per heavy atom. The molecule has 3 aromatic carbocycles. The van der Waals surface area contributed by atoms with Crippen molar-refractivity contribution in [2.75, 3.05) is 11.9 Å². The number of carbonyl (C=O) groups is 2. The Morgan fingerprint density at radius 3 is 2.37 bits per heavy atom. The minimum atomic E-state index is -0.793. The molecule has 5 nitrogen and oxygen atoms in total. The van der Waals surface area contributed by atoms with Crippen molar-refractivity contribution in [3.63, 3.8) is 0 Å². The first-order valence-electron chi connectivity index (χ1n) is 9.68. The Labute approximate surface area is 181 Å². The van der Waals surface area contributed by atoms with Crippen molar-refractivity contribution in [2.45, 2.75) is 19.4 Å². The van der Waals surface area contributed by atoms with Crippen LogP contribution < -0.4 is 15.4 Å². The maximum atomic E-state index is 12.6. The lowest BCUT2D eigenvalue weighted by molar-refractivity contribution is -0.122. The summed E-state index contributed by atoms with van der Waals surface area (Å²) in [4.78, 5) is 25.2. The quantitative estimate of drug-likeness (QED) is 0.552. The van der Waals surface area contributed by atoms with Gasteiger partial charge in [0.05, 0.1) is 16.3 Å². The van der Waals surface area contributed by atoms with E-state index < -0.39 is 6.10 Å². The van der Waals surface area contributed by atoms with Gasteiger partial charge in [-0.2, -0.15) is 0 Å². The molecule has 0 heterocycles. The van der Waals surface area contributed by atoms with Crippen molar-refractivity contribution in [1.82, 2.24) is 5.32 Å². The second kappa shape index (κ2) is 10.5. The van der Waals surface area contributed by atoms with Gasteiger partial charge in [0.1, 0.15) is 5.75 Å². The van der Waals surface area contributed by atoms with E-state index in [1.54, 1.807) is 55.5 Å². The maximum Gasteiger partial charge on any atom is 0.265 e. The first-order chi connectivity index (χ1) is 14.5. The summed E-state index contributed by atoms with van der Waals surface area (Å²) in [6, 6.07) is 23.7. The van der Waals surface area contributed by atoms with E-state index in [4.69, 9.17) is 16.3 Å². The lowest BCUT2D eigenvalue weighted by Crippen LogP contribution is -2.32. The van der Waals surface area contributed by atoms with Crippen LogP contribution in [-0.2, 0) is 11.2 Å². The number of benzene rings is 3. The van der Waals surface area contributed by atoms with Gasteiger partial charge in [0.2, 0.25) is 0 Å². The van der Waals surface area contributed by atoms with E-state index in [1.165, 1.54) is 0 Å². The molecule has 0 saturated carbocycles. The fraction of sp³-hybridized carbons (Fsp3) is 0.167. The summed E-state index contributed by atoms with van der Waals surface area (Å²) in [5, 5.41) is 6.10. The SMILES string of the molecule is C[C@@H](Oc1ccccc1Cl)C(=O)Nc1ccccc1C(=O)NCCc1ccccc1. The van der Waals surface area contributed by atoms with Crippen LogP contribution in [0.2, 0.25) is 5.02 Å². The molecule has 3 aromatic rings. The Kier molecular flexibility index (Phi) is 7.46. The number of nitrogens with one attached hydrogen (secondary N) is 2. The molecule has 1 atom stereocenters. The molecule has 0 saturated heterocycles. The number of halogens is 1. The van der Waals surface area contributed by atoms with Crippen molar-refractivity contribution in [3.05, 3.63) is 95.0 Å². The van der Waals surface area contributed by atoms with Gasteiger partial charge in [0, 0.05) is 6.54 Å². The van der Waals surface area contributed by atoms with Crippen LogP contribution in [0, 0.1) is 0 Å². The number of ether oxygens (including phenoxy) is 1. The van der Waals surface area contributed by atoms with E-state index >= 15 is 0 Å². The number of anilines is 1. The van der Waals surface area contributed by atoms with Crippen molar-refractivity contribution in [2.24, 2.45) is 0 Å². The number of hydrogen-bond donors (Lipinski definition) is 2. The summed E-state index contributed by atoms with van der Waals surface area (Å²) in [5.41, 5.74) is 1.96.